The van der Waals surface area contributed by atoms with Crippen molar-refractivity contribution in [2.24, 2.45) is 0 Å². The molecular weight excluding hydrogens is 588 g/mol. The first-order chi connectivity index (χ1) is 23.8. The summed E-state index contributed by atoms with van der Waals surface area (Å²) in [5.41, 5.74) is 6.31. The molecule has 7 rings (SSSR count). The molecule has 3 nitrogen and oxygen atoms in total. The Labute approximate surface area is 282 Å². The first-order valence-corrected chi connectivity index (χ1v) is 16.2. The van der Waals surface area contributed by atoms with Crippen LogP contribution in [0.4, 0.5) is 0 Å². The van der Waals surface area contributed by atoms with Gasteiger partial charge in [0.1, 0.15) is 35.6 Å². The van der Waals surface area contributed by atoms with Gasteiger partial charge < -0.3 is 14.2 Å². The molecule has 0 spiro atoms. The van der Waals surface area contributed by atoms with Gasteiger partial charge in [0, 0.05) is 18.2 Å². The summed E-state index contributed by atoms with van der Waals surface area (Å²) in [6, 6.07) is 67.6. The van der Waals surface area contributed by atoms with Crippen LogP contribution in [0.25, 0.3) is 0 Å². The normalized spacial score (nSPS) is 11.1. The van der Waals surface area contributed by atoms with Crippen LogP contribution in [0, 0.1) is 0 Å². The van der Waals surface area contributed by atoms with E-state index in [1.165, 1.54) is 0 Å². The summed E-state index contributed by atoms with van der Waals surface area (Å²) < 4.78 is 20.7. The van der Waals surface area contributed by atoms with Crippen molar-refractivity contribution in [2.75, 3.05) is 0 Å². The molecule has 0 bridgehead atoms. The minimum atomic E-state index is -0.339. The van der Waals surface area contributed by atoms with E-state index in [0.717, 1.165) is 33.4 Å². The molecule has 0 unspecified atom stereocenters. The molecule has 0 aliphatic rings. The highest BCUT2D eigenvalue weighted by molar-refractivity contribution is 5.46. The minimum absolute atomic E-state index is 0.339. The lowest BCUT2D eigenvalue weighted by molar-refractivity contribution is 0.220. The smallest absolute Gasteiger partial charge is 0.149 e. The summed E-state index contributed by atoms with van der Waals surface area (Å²) in [5, 5.41) is 0. The monoisotopic (exact) mass is 624 g/mol. The first-order valence-electron chi connectivity index (χ1n) is 16.2. The van der Waals surface area contributed by atoms with E-state index < -0.39 is 0 Å². The largest absolute Gasteiger partial charge is 0.481 e. The van der Waals surface area contributed by atoms with Crippen molar-refractivity contribution in [3.63, 3.8) is 0 Å². The highest BCUT2D eigenvalue weighted by Gasteiger charge is 2.22. The minimum Gasteiger partial charge on any atom is -0.481 e. The van der Waals surface area contributed by atoms with Gasteiger partial charge in [-0.3, -0.25) is 0 Å². The lowest BCUT2D eigenvalue weighted by Crippen LogP contribution is -2.12. The Bertz CT molecular complexity index is 1620. The molecule has 0 atom stereocenters. The van der Waals surface area contributed by atoms with E-state index in [0.29, 0.717) is 17.2 Å². The standard InChI is InChI=1S/C45H36O3/c1-7-19-34(20-8-1)43(35-21-9-2-10-22-35)46-40-31-41(47-44(36-23-11-3-12-24-36)37-25-13-4-14-26-37)33-42(32-40)48-45(38-27-15-5-16-28-38)39-29-17-6-18-30-39/h1-33,43-45H. The van der Waals surface area contributed by atoms with E-state index in [1.807, 2.05) is 127 Å². The molecular formula is C45H36O3. The fourth-order valence-corrected chi connectivity index (χ4v) is 5.91. The molecule has 0 heterocycles. The molecule has 3 heteroatoms. The van der Waals surface area contributed by atoms with Crippen LogP contribution in [0.15, 0.2) is 200 Å². The zero-order valence-electron chi connectivity index (χ0n) is 26.5. The van der Waals surface area contributed by atoms with Crippen molar-refractivity contribution in [3.05, 3.63) is 234 Å². The van der Waals surface area contributed by atoms with Crippen molar-refractivity contribution >= 4 is 0 Å². The Balaban J connectivity index is 1.32. The topological polar surface area (TPSA) is 27.7 Å². The molecule has 0 aliphatic carbocycles. The van der Waals surface area contributed by atoms with Gasteiger partial charge in [0.2, 0.25) is 0 Å². The van der Waals surface area contributed by atoms with E-state index in [1.54, 1.807) is 0 Å². The van der Waals surface area contributed by atoms with Gasteiger partial charge in [-0.1, -0.05) is 182 Å². The third-order valence-electron chi connectivity index (χ3n) is 8.23. The van der Waals surface area contributed by atoms with Crippen LogP contribution in [0.2, 0.25) is 0 Å². The fraction of sp³-hybridized carbons (Fsp3) is 0.0667. The summed E-state index contributed by atoms with van der Waals surface area (Å²) >= 11 is 0. The third kappa shape index (κ3) is 7.49. The lowest BCUT2D eigenvalue weighted by Gasteiger charge is -2.25. The highest BCUT2D eigenvalue weighted by atomic mass is 16.5. The molecule has 0 aromatic heterocycles. The van der Waals surface area contributed by atoms with Gasteiger partial charge in [0.15, 0.2) is 0 Å². The van der Waals surface area contributed by atoms with E-state index in [2.05, 4.69) is 72.8 Å². The Morgan fingerprint density at radius 2 is 0.396 bits per heavy atom. The number of ether oxygens (including phenoxy) is 3. The summed E-state index contributed by atoms with van der Waals surface area (Å²) in [7, 11) is 0. The average Bonchev–Trinajstić information content (AvgIpc) is 3.17. The zero-order valence-corrected chi connectivity index (χ0v) is 26.5. The highest BCUT2D eigenvalue weighted by Crippen LogP contribution is 2.39. The molecule has 0 amide bonds. The quantitative estimate of drug-likeness (QED) is 0.135. The summed E-state index contributed by atoms with van der Waals surface area (Å²) in [6.07, 6.45) is -1.02. The summed E-state index contributed by atoms with van der Waals surface area (Å²) in [5.74, 6) is 1.92. The maximum atomic E-state index is 6.89. The third-order valence-corrected chi connectivity index (χ3v) is 8.23. The summed E-state index contributed by atoms with van der Waals surface area (Å²) in [4.78, 5) is 0. The van der Waals surface area contributed by atoms with Gasteiger partial charge in [0.05, 0.1) is 0 Å². The van der Waals surface area contributed by atoms with Crippen molar-refractivity contribution in [3.8, 4) is 17.2 Å². The van der Waals surface area contributed by atoms with Crippen LogP contribution >= 0.6 is 0 Å². The SMILES string of the molecule is c1ccc(C(Oc2cc(OC(c3ccccc3)c3ccccc3)cc(OC(c3ccccc3)c3ccccc3)c2)c2ccccc2)cc1. The van der Waals surface area contributed by atoms with E-state index in [9.17, 15) is 0 Å². The second-order valence-electron chi connectivity index (χ2n) is 11.6. The average molecular weight is 625 g/mol. The van der Waals surface area contributed by atoms with Crippen molar-refractivity contribution in [1.29, 1.82) is 0 Å². The maximum absolute atomic E-state index is 6.89. The van der Waals surface area contributed by atoms with Crippen LogP contribution in [0.1, 0.15) is 51.7 Å². The van der Waals surface area contributed by atoms with Crippen molar-refractivity contribution in [2.45, 2.75) is 18.3 Å². The van der Waals surface area contributed by atoms with Crippen LogP contribution in [0.5, 0.6) is 17.2 Å². The molecule has 0 N–H and O–H groups in total. The van der Waals surface area contributed by atoms with Gasteiger partial charge in [-0.15, -0.1) is 0 Å². The molecule has 7 aromatic carbocycles. The van der Waals surface area contributed by atoms with Gasteiger partial charge in [-0.2, -0.15) is 0 Å². The predicted octanol–water partition coefficient (Wildman–Crippen LogP) is 11.2. The number of rotatable bonds is 12. The number of hydrogen-bond acceptors (Lipinski definition) is 3. The Kier molecular flexibility index (Phi) is 9.57. The van der Waals surface area contributed by atoms with Gasteiger partial charge in [-0.05, 0) is 33.4 Å². The predicted molar refractivity (Wildman–Crippen MR) is 193 cm³/mol. The van der Waals surface area contributed by atoms with Gasteiger partial charge in [-0.25, -0.2) is 0 Å². The molecule has 234 valence electrons. The zero-order chi connectivity index (χ0) is 32.4. The molecule has 0 aliphatic heterocycles. The second-order valence-corrected chi connectivity index (χ2v) is 11.6. The Morgan fingerprint density at radius 1 is 0.229 bits per heavy atom. The molecule has 48 heavy (non-hydrogen) atoms. The molecule has 0 saturated heterocycles. The second kappa shape index (κ2) is 15.0. The van der Waals surface area contributed by atoms with Crippen LogP contribution < -0.4 is 14.2 Å². The Morgan fingerprint density at radius 3 is 0.562 bits per heavy atom. The van der Waals surface area contributed by atoms with E-state index >= 15 is 0 Å². The Hall–Kier alpha value is -6.06. The van der Waals surface area contributed by atoms with Crippen molar-refractivity contribution < 1.29 is 14.2 Å². The number of benzene rings is 7. The van der Waals surface area contributed by atoms with E-state index in [-0.39, 0.29) is 18.3 Å². The van der Waals surface area contributed by atoms with Crippen LogP contribution in [0.3, 0.4) is 0 Å². The van der Waals surface area contributed by atoms with Gasteiger partial charge >= 0.3 is 0 Å². The van der Waals surface area contributed by atoms with Gasteiger partial charge in [0.25, 0.3) is 0 Å². The van der Waals surface area contributed by atoms with Crippen molar-refractivity contribution in [1.82, 2.24) is 0 Å². The molecule has 0 fully saturated rings. The fourth-order valence-electron chi connectivity index (χ4n) is 5.91. The van der Waals surface area contributed by atoms with E-state index in [4.69, 9.17) is 14.2 Å². The molecule has 7 aromatic rings. The lowest BCUT2D eigenvalue weighted by atomic mass is 10.0. The van der Waals surface area contributed by atoms with Crippen LogP contribution in [-0.2, 0) is 0 Å². The number of hydrogen-bond donors (Lipinski definition) is 0. The maximum Gasteiger partial charge on any atom is 0.149 e. The van der Waals surface area contributed by atoms with Crippen LogP contribution in [-0.4, -0.2) is 0 Å². The molecule has 0 saturated carbocycles. The molecule has 0 radical (unpaired) electrons. The first kappa shape index (κ1) is 30.6. The summed E-state index contributed by atoms with van der Waals surface area (Å²) in [6.45, 7) is 0.